The summed E-state index contributed by atoms with van der Waals surface area (Å²) < 4.78 is 57.5. The highest BCUT2D eigenvalue weighted by Crippen LogP contribution is 2.44. The van der Waals surface area contributed by atoms with E-state index in [0.29, 0.717) is 27.8 Å². The molecule has 0 spiro atoms. The number of hydrogen-bond acceptors (Lipinski definition) is 2. The molecule has 2 atom stereocenters. The molecule has 2 aromatic heterocycles. The van der Waals surface area contributed by atoms with Gasteiger partial charge in [0.2, 0.25) is 0 Å². The highest BCUT2D eigenvalue weighted by molar-refractivity contribution is 7.80. The first-order valence-corrected chi connectivity index (χ1v) is 12.1. The Hall–Kier alpha value is -3.72. The summed E-state index contributed by atoms with van der Waals surface area (Å²) in [7, 11) is 0. The van der Waals surface area contributed by atoms with Gasteiger partial charge in [-0.05, 0) is 92.6 Å². The number of aryl methyl sites for hydroxylation is 2. The number of nitrogens with one attached hydrogen (secondary N) is 1. The number of alkyl halides is 3. The van der Waals surface area contributed by atoms with Crippen LogP contribution in [0.25, 0.3) is 5.69 Å². The Labute approximate surface area is 217 Å². The molecule has 1 aliphatic heterocycles. The molecule has 9 heteroatoms. The van der Waals surface area contributed by atoms with Crippen LogP contribution in [0.3, 0.4) is 0 Å². The summed E-state index contributed by atoms with van der Waals surface area (Å²) in [5.41, 5.74) is 3.31. The first-order chi connectivity index (χ1) is 17.6. The molecule has 2 aromatic carbocycles. The van der Waals surface area contributed by atoms with Gasteiger partial charge in [0.1, 0.15) is 5.82 Å². The van der Waals surface area contributed by atoms with Crippen LogP contribution in [-0.2, 0) is 6.18 Å². The Kier molecular flexibility index (Phi) is 6.27. The minimum atomic E-state index is -4.51. The van der Waals surface area contributed by atoms with Crippen LogP contribution in [0.15, 0.2) is 72.9 Å². The van der Waals surface area contributed by atoms with Gasteiger partial charge in [0.15, 0.2) is 5.11 Å². The summed E-state index contributed by atoms with van der Waals surface area (Å²) in [6.45, 7) is 5.27. The third-order valence-electron chi connectivity index (χ3n) is 6.76. The Balaban J connectivity index is 1.71. The molecule has 5 rings (SSSR count). The number of pyridine rings is 1. The van der Waals surface area contributed by atoms with Crippen LogP contribution < -0.4 is 10.2 Å². The lowest BCUT2D eigenvalue weighted by Crippen LogP contribution is -2.29. The van der Waals surface area contributed by atoms with E-state index in [1.54, 1.807) is 49.7 Å². The van der Waals surface area contributed by atoms with Gasteiger partial charge in [-0.15, -0.1) is 0 Å². The van der Waals surface area contributed by atoms with Gasteiger partial charge in [-0.1, -0.05) is 18.2 Å². The van der Waals surface area contributed by atoms with Gasteiger partial charge in [0.25, 0.3) is 0 Å². The highest BCUT2D eigenvalue weighted by Gasteiger charge is 2.43. The maximum Gasteiger partial charge on any atom is 0.418 e. The van der Waals surface area contributed by atoms with Gasteiger partial charge in [-0.2, -0.15) is 13.2 Å². The van der Waals surface area contributed by atoms with E-state index in [1.807, 2.05) is 29.2 Å². The molecule has 37 heavy (non-hydrogen) atoms. The summed E-state index contributed by atoms with van der Waals surface area (Å²) in [6.07, 6.45) is -2.82. The van der Waals surface area contributed by atoms with E-state index >= 15 is 0 Å². The van der Waals surface area contributed by atoms with Gasteiger partial charge < -0.3 is 14.8 Å². The van der Waals surface area contributed by atoms with E-state index in [9.17, 15) is 17.6 Å². The Morgan fingerprint density at radius 2 is 1.68 bits per heavy atom. The average Bonchev–Trinajstić information content (AvgIpc) is 3.36. The lowest BCUT2D eigenvalue weighted by Gasteiger charge is -2.28. The van der Waals surface area contributed by atoms with Crippen LogP contribution in [0.4, 0.5) is 23.2 Å². The van der Waals surface area contributed by atoms with Crippen molar-refractivity contribution in [2.24, 2.45) is 0 Å². The molecule has 0 radical (unpaired) electrons. The van der Waals surface area contributed by atoms with Crippen molar-refractivity contribution < 1.29 is 17.6 Å². The number of rotatable bonds is 4. The molecule has 0 amide bonds. The number of hydrogen-bond donors (Lipinski definition) is 1. The van der Waals surface area contributed by atoms with E-state index < -0.39 is 17.8 Å². The number of anilines is 1. The first-order valence-electron chi connectivity index (χ1n) is 11.7. The molecule has 1 saturated heterocycles. The molecular weight excluding hydrogens is 500 g/mol. The molecule has 3 heterocycles. The Morgan fingerprint density at radius 3 is 2.35 bits per heavy atom. The molecule has 4 nitrogen and oxygen atoms in total. The average molecular weight is 525 g/mol. The molecule has 190 valence electrons. The van der Waals surface area contributed by atoms with Crippen LogP contribution in [0.1, 0.15) is 45.9 Å². The summed E-state index contributed by atoms with van der Waals surface area (Å²) >= 11 is 5.74. The summed E-state index contributed by atoms with van der Waals surface area (Å²) in [5, 5.41) is 3.77. The quantitative estimate of drug-likeness (QED) is 0.227. The van der Waals surface area contributed by atoms with Crippen molar-refractivity contribution in [2.75, 3.05) is 4.90 Å². The van der Waals surface area contributed by atoms with Crippen LogP contribution in [-0.4, -0.2) is 14.7 Å². The lowest BCUT2D eigenvalue weighted by molar-refractivity contribution is -0.137. The van der Waals surface area contributed by atoms with Gasteiger partial charge >= 0.3 is 6.18 Å². The smallest absolute Gasteiger partial charge is 0.351 e. The largest absolute Gasteiger partial charge is 0.418 e. The van der Waals surface area contributed by atoms with E-state index in [-0.39, 0.29) is 17.5 Å². The molecule has 0 bridgehead atoms. The number of nitrogens with zero attached hydrogens (tertiary/aromatic N) is 3. The first kappa shape index (κ1) is 25.0. The van der Waals surface area contributed by atoms with Crippen molar-refractivity contribution >= 4 is 23.0 Å². The zero-order valence-electron chi connectivity index (χ0n) is 20.3. The number of thiocarbonyl (C=S) groups is 1. The number of halogens is 4. The van der Waals surface area contributed by atoms with E-state index in [0.717, 1.165) is 17.3 Å². The molecule has 1 fully saturated rings. The lowest BCUT2D eigenvalue weighted by atomic mass is 9.96. The van der Waals surface area contributed by atoms with Crippen molar-refractivity contribution in [1.82, 2.24) is 14.9 Å². The van der Waals surface area contributed by atoms with Gasteiger partial charge in [0, 0.05) is 23.3 Å². The van der Waals surface area contributed by atoms with E-state index in [4.69, 9.17) is 12.2 Å². The van der Waals surface area contributed by atoms with Crippen LogP contribution >= 0.6 is 12.2 Å². The molecule has 0 unspecified atom stereocenters. The van der Waals surface area contributed by atoms with Crippen LogP contribution in [0, 0.1) is 26.6 Å². The maximum absolute atomic E-state index is 14.1. The van der Waals surface area contributed by atoms with Crippen molar-refractivity contribution in [2.45, 2.75) is 39.0 Å². The van der Waals surface area contributed by atoms with Crippen molar-refractivity contribution in [1.29, 1.82) is 0 Å². The molecule has 0 saturated carbocycles. The summed E-state index contributed by atoms with van der Waals surface area (Å²) in [6, 6.07) is 16.9. The van der Waals surface area contributed by atoms with E-state index in [2.05, 4.69) is 10.3 Å². The summed E-state index contributed by atoms with van der Waals surface area (Å²) in [4.78, 5) is 6.42. The number of aromatic nitrogens is 2. The van der Waals surface area contributed by atoms with E-state index in [1.165, 1.54) is 18.2 Å². The Morgan fingerprint density at radius 1 is 0.946 bits per heavy atom. The fraction of sp³-hybridized carbons (Fsp3) is 0.214. The molecule has 4 aromatic rings. The zero-order valence-corrected chi connectivity index (χ0v) is 21.2. The monoisotopic (exact) mass is 524 g/mol. The predicted molar refractivity (Wildman–Crippen MR) is 139 cm³/mol. The van der Waals surface area contributed by atoms with Gasteiger partial charge in [-0.25, -0.2) is 4.39 Å². The second kappa shape index (κ2) is 9.30. The van der Waals surface area contributed by atoms with Crippen LogP contribution in [0.5, 0.6) is 0 Å². The second-order valence-corrected chi connectivity index (χ2v) is 9.49. The Bertz CT molecular complexity index is 1480. The normalized spacial score (nSPS) is 17.8. The minimum absolute atomic E-state index is 0.0587. The van der Waals surface area contributed by atoms with Crippen LogP contribution in [0.2, 0.25) is 0 Å². The zero-order chi connectivity index (χ0) is 26.5. The molecule has 0 aliphatic carbocycles. The number of benzene rings is 2. The predicted octanol–water partition coefficient (Wildman–Crippen LogP) is 7.13. The van der Waals surface area contributed by atoms with Crippen molar-refractivity contribution in [3.8, 4) is 5.69 Å². The molecule has 1 N–H and O–H groups in total. The topological polar surface area (TPSA) is 33.1 Å². The third kappa shape index (κ3) is 4.37. The maximum atomic E-state index is 14.1. The fourth-order valence-corrected chi connectivity index (χ4v) is 5.44. The fourth-order valence-electron chi connectivity index (χ4n) is 5.09. The van der Waals surface area contributed by atoms with Gasteiger partial charge in [0.05, 0.1) is 29.0 Å². The molecule has 1 aliphatic rings. The third-order valence-corrected chi connectivity index (χ3v) is 7.07. The van der Waals surface area contributed by atoms with Crippen molar-refractivity contribution in [3.63, 3.8) is 0 Å². The highest BCUT2D eigenvalue weighted by atomic mass is 32.1. The second-order valence-electron chi connectivity index (χ2n) is 9.11. The summed E-state index contributed by atoms with van der Waals surface area (Å²) in [5.74, 6) is -0.332. The number of para-hydroxylation sites is 1. The SMILES string of the molecule is Cc1cc(N2C(=S)N[C@H](c3ccccn3)[C@@H]2c2cc(C)n(-c3ccccc3C(F)(F)F)c2C)ccc1F. The molecular formula is C28H24F4N4S. The minimum Gasteiger partial charge on any atom is -0.351 e. The van der Waals surface area contributed by atoms with Crippen molar-refractivity contribution in [3.05, 3.63) is 113 Å². The van der Waals surface area contributed by atoms with Gasteiger partial charge in [-0.3, -0.25) is 4.98 Å². The standard InChI is InChI=1S/C28H24F4N4S/c1-16-14-19(11-12-22(16)29)36-26(25(34-27(36)37)23-9-6-7-13-33-23)20-15-17(2)35(18(20)3)24-10-5-4-8-21(24)28(30,31)32/h4-15,25-26H,1-3H3,(H,34,37)/t25-,26+/m1/s1.